The number of rotatable bonds is 8. The molecule has 0 saturated carbocycles. The molecule has 2 N–H and O–H groups in total. The van der Waals surface area contributed by atoms with Gasteiger partial charge in [-0.3, -0.25) is 9.35 Å². The second kappa shape index (κ2) is 7.93. The van der Waals surface area contributed by atoms with Crippen molar-refractivity contribution < 1.29 is 17.8 Å². The molecule has 0 aliphatic carbocycles. The number of carbonyl (C=O) groups excluding carboxylic acids is 1. The van der Waals surface area contributed by atoms with E-state index in [-0.39, 0.29) is 17.7 Å². The first-order chi connectivity index (χ1) is 10.5. The van der Waals surface area contributed by atoms with Crippen molar-refractivity contribution in [3.63, 3.8) is 0 Å². The zero-order chi connectivity index (χ0) is 17.7. The molecule has 0 aliphatic heterocycles. The quantitative estimate of drug-likeness (QED) is 0.712. The Morgan fingerprint density at radius 1 is 1.26 bits per heavy atom. The third-order valence-electron chi connectivity index (χ3n) is 3.88. The van der Waals surface area contributed by atoms with Gasteiger partial charge in [0.15, 0.2) is 0 Å². The molecule has 0 saturated heterocycles. The molecule has 2 atom stereocenters. The lowest BCUT2D eigenvalue weighted by Gasteiger charge is -2.28. The van der Waals surface area contributed by atoms with E-state index in [1.54, 1.807) is 13.8 Å². The van der Waals surface area contributed by atoms with Gasteiger partial charge in [-0.05, 0) is 38.2 Å². The topological polar surface area (TPSA) is 83.5 Å². The van der Waals surface area contributed by atoms with Crippen molar-refractivity contribution in [3.8, 4) is 0 Å². The molecule has 1 aromatic carbocycles. The Morgan fingerprint density at radius 2 is 1.83 bits per heavy atom. The van der Waals surface area contributed by atoms with Crippen molar-refractivity contribution in [2.45, 2.75) is 52.0 Å². The fourth-order valence-corrected chi connectivity index (χ4v) is 3.72. The Bertz CT molecular complexity index is 611. The Labute approximate surface area is 139 Å². The van der Waals surface area contributed by atoms with Gasteiger partial charge in [0, 0.05) is 5.92 Å². The summed E-state index contributed by atoms with van der Waals surface area (Å²) in [6, 6.07) is 9.98. The molecular weight excluding hydrogens is 314 g/mol. The molecule has 0 aliphatic rings. The van der Waals surface area contributed by atoms with Crippen LogP contribution in [0.15, 0.2) is 30.3 Å². The largest absolute Gasteiger partial charge is 0.350 e. The average Bonchev–Trinajstić information content (AvgIpc) is 2.42. The molecule has 1 aromatic rings. The van der Waals surface area contributed by atoms with Gasteiger partial charge in [-0.1, -0.05) is 44.2 Å². The first-order valence-electron chi connectivity index (χ1n) is 7.86. The van der Waals surface area contributed by atoms with Gasteiger partial charge in [0.2, 0.25) is 5.91 Å². The zero-order valence-electron chi connectivity index (χ0n) is 14.2. The van der Waals surface area contributed by atoms with E-state index in [2.05, 4.69) is 12.2 Å². The van der Waals surface area contributed by atoms with Crippen molar-refractivity contribution in [1.29, 1.82) is 0 Å². The van der Waals surface area contributed by atoms with E-state index in [4.69, 9.17) is 4.55 Å². The van der Waals surface area contributed by atoms with Gasteiger partial charge in [-0.2, -0.15) is 8.42 Å². The molecule has 23 heavy (non-hydrogen) atoms. The van der Waals surface area contributed by atoms with Crippen LogP contribution in [0.4, 0.5) is 0 Å². The molecule has 0 aromatic heterocycles. The van der Waals surface area contributed by atoms with E-state index in [1.165, 1.54) is 5.56 Å². The lowest BCUT2D eigenvalue weighted by molar-refractivity contribution is -0.126. The highest BCUT2D eigenvalue weighted by Crippen LogP contribution is 2.25. The predicted octanol–water partition coefficient (Wildman–Crippen LogP) is 2.99. The summed E-state index contributed by atoms with van der Waals surface area (Å²) in [5.74, 6) is -0.650. The monoisotopic (exact) mass is 341 g/mol. The molecule has 1 rings (SSSR count). The second-order valence-corrected chi connectivity index (χ2v) is 8.20. The van der Waals surface area contributed by atoms with Gasteiger partial charge >= 0.3 is 0 Å². The summed E-state index contributed by atoms with van der Waals surface area (Å²) in [5, 5.41) is 2.74. The third kappa shape index (κ3) is 7.14. The summed E-state index contributed by atoms with van der Waals surface area (Å²) in [6.07, 6.45) is 1.36. The highest BCUT2D eigenvalue weighted by molar-refractivity contribution is 7.85. The standard InChI is InChI=1S/C17H27NO4S/c1-5-14(11-13(2)15-9-7-6-8-10-15)16(19)18-17(3,4)12-23(20,21)22/h6-10,13-14H,5,11-12H2,1-4H3,(H,18,19)(H,20,21,22). The Kier molecular flexibility index (Phi) is 6.77. The van der Waals surface area contributed by atoms with Gasteiger partial charge in [0.05, 0.1) is 11.3 Å². The molecular formula is C17H27NO4S. The normalized spacial score (nSPS) is 15.0. The molecule has 1 amide bonds. The summed E-state index contributed by atoms with van der Waals surface area (Å²) in [5.41, 5.74) is 0.171. The maximum Gasteiger partial charge on any atom is 0.267 e. The minimum atomic E-state index is -4.14. The maximum absolute atomic E-state index is 12.5. The van der Waals surface area contributed by atoms with Crippen LogP contribution in [-0.2, 0) is 14.9 Å². The van der Waals surface area contributed by atoms with Gasteiger partial charge in [-0.15, -0.1) is 0 Å². The average molecular weight is 341 g/mol. The van der Waals surface area contributed by atoms with Crippen LogP contribution in [0.25, 0.3) is 0 Å². The van der Waals surface area contributed by atoms with E-state index in [0.717, 1.165) is 0 Å². The van der Waals surface area contributed by atoms with Crippen LogP contribution in [0.5, 0.6) is 0 Å². The van der Waals surface area contributed by atoms with Crippen LogP contribution in [0.2, 0.25) is 0 Å². The minimum Gasteiger partial charge on any atom is -0.350 e. The van der Waals surface area contributed by atoms with Crippen molar-refractivity contribution in [2.24, 2.45) is 5.92 Å². The van der Waals surface area contributed by atoms with Crippen LogP contribution in [0.1, 0.15) is 52.0 Å². The number of hydrogen-bond donors (Lipinski definition) is 2. The number of nitrogens with one attached hydrogen (secondary N) is 1. The summed E-state index contributed by atoms with van der Waals surface area (Å²) >= 11 is 0. The lowest BCUT2D eigenvalue weighted by Crippen LogP contribution is -2.50. The number of amides is 1. The first kappa shape index (κ1) is 19.6. The predicted molar refractivity (Wildman–Crippen MR) is 91.9 cm³/mol. The fourth-order valence-electron chi connectivity index (χ4n) is 2.73. The molecule has 0 heterocycles. The zero-order valence-corrected chi connectivity index (χ0v) is 15.1. The molecule has 5 nitrogen and oxygen atoms in total. The van der Waals surface area contributed by atoms with E-state index in [0.29, 0.717) is 12.8 Å². The van der Waals surface area contributed by atoms with E-state index >= 15 is 0 Å². The second-order valence-electron chi connectivity index (χ2n) is 6.75. The molecule has 2 unspecified atom stereocenters. The summed E-state index contributed by atoms with van der Waals surface area (Å²) < 4.78 is 31.0. The first-order valence-corrected chi connectivity index (χ1v) is 9.47. The summed E-state index contributed by atoms with van der Waals surface area (Å²) in [7, 11) is -4.14. The third-order valence-corrected chi connectivity index (χ3v) is 4.96. The highest BCUT2D eigenvalue weighted by Gasteiger charge is 2.30. The van der Waals surface area contributed by atoms with Crippen molar-refractivity contribution in [1.82, 2.24) is 5.32 Å². The van der Waals surface area contributed by atoms with Crippen LogP contribution in [-0.4, -0.2) is 30.2 Å². The van der Waals surface area contributed by atoms with E-state index in [1.807, 2.05) is 37.3 Å². The van der Waals surface area contributed by atoms with Crippen molar-refractivity contribution in [2.75, 3.05) is 5.75 Å². The van der Waals surface area contributed by atoms with Crippen molar-refractivity contribution in [3.05, 3.63) is 35.9 Å². The van der Waals surface area contributed by atoms with Crippen LogP contribution in [0, 0.1) is 5.92 Å². The number of carbonyl (C=O) groups is 1. The molecule has 0 fully saturated rings. The summed E-state index contributed by atoms with van der Waals surface area (Å²) in [4.78, 5) is 12.5. The fraction of sp³-hybridized carbons (Fsp3) is 0.588. The molecule has 6 heteroatoms. The Hall–Kier alpha value is -1.40. The van der Waals surface area contributed by atoms with Gasteiger partial charge in [-0.25, -0.2) is 0 Å². The van der Waals surface area contributed by atoms with Crippen LogP contribution < -0.4 is 5.32 Å². The number of hydrogen-bond acceptors (Lipinski definition) is 3. The molecule has 130 valence electrons. The van der Waals surface area contributed by atoms with E-state index < -0.39 is 21.4 Å². The molecule has 0 bridgehead atoms. The SMILES string of the molecule is CCC(CC(C)c1ccccc1)C(=O)NC(C)(C)CS(=O)(=O)O. The smallest absolute Gasteiger partial charge is 0.267 e. The van der Waals surface area contributed by atoms with E-state index in [9.17, 15) is 13.2 Å². The summed E-state index contributed by atoms with van der Waals surface area (Å²) in [6.45, 7) is 7.20. The highest BCUT2D eigenvalue weighted by atomic mass is 32.2. The number of benzene rings is 1. The molecule has 0 spiro atoms. The van der Waals surface area contributed by atoms with Gasteiger partial charge in [0.25, 0.3) is 10.1 Å². The van der Waals surface area contributed by atoms with Gasteiger partial charge < -0.3 is 5.32 Å². The van der Waals surface area contributed by atoms with Crippen LogP contribution in [0.3, 0.4) is 0 Å². The minimum absolute atomic E-state index is 0.177. The molecule has 0 radical (unpaired) electrons. The lowest BCUT2D eigenvalue weighted by atomic mass is 9.88. The van der Waals surface area contributed by atoms with Crippen LogP contribution >= 0.6 is 0 Å². The Balaban J connectivity index is 2.72. The van der Waals surface area contributed by atoms with Gasteiger partial charge in [0.1, 0.15) is 0 Å². The Morgan fingerprint density at radius 3 is 2.30 bits per heavy atom. The van der Waals surface area contributed by atoms with Crippen molar-refractivity contribution >= 4 is 16.0 Å². The maximum atomic E-state index is 12.5.